The van der Waals surface area contributed by atoms with Crippen LogP contribution < -0.4 is 0 Å². The molecule has 0 atom stereocenters. The minimum atomic E-state index is -0.382. The molecule has 2 heterocycles. The van der Waals surface area contributed by atoms with Crippen LogP contribution in [0.25, 0.3) is 17.3 Å². The number of carbonyl (C=O) groups is 1. The lowest BCUT2D eigenvalue weighted by atomic mass is 9.85. The Balaban J connectivity index is 1.84. The Kier molecular flexibility index (Phi) is 5.30. The summed E-state index contributed by atoms with van der Waals surface area (Å²) in [5.41, 5.74) is 7.36. The van der Waals surface area contributed by atoms with E-state index in [1.807, 2.05) is 36.4 Å². The van der Waals surface area contributed by atoms with E-state index in [0.717, 1.165) is 53.8 Å². The molecule has 168 valence electrons. The smallest absolute Gasteiger partial charge is 0.337 e. The molecule has 3 aromatic rings. The first-order valence-corrected chi connectivity index (χ1v) is 11.0. The molecule has 0 amide bonds. The number of nitrogens with zero attached hydrogens (tertiary/aromatic N) is 2. The second-order valence-electron chi connectivity index (χ2n) is 8.54. The number of ether oxygens (including phenoxy) is 1. The van der Waals surface area contributed by atoms with Crippen LogP contribution in [-0.2, 0) is 4.74 Å². The Labute approximate surface area is 192 Å². The van der Waals surface area contributed by atoms with Crippen LogP contribution in [0, 0.1) is 0 Å². The van der Waals surface area contributed by atoms with Crippen LogP contribution in [0.2, 0.25) is 0 Å². The van der Waals surface area contributed by atoms with Crippen molar-refractivity contribution < 1.29 is 19.7 Å². The lowest BCUT2D eigenvalue weighted by Gasteiger charge is -2.27. The topological polar surface area (TPSA) is 74.9 Å². The van der Waals surface area contributed by atoms with Gasteiger partial charge in [-0.2, -0.15) is 0 Å². The molecular formula is C27H26N2O4. The van der Waals surface area contributed by atoms with Gasteiger partial charge >= 0.3 is 5.97 Å². The molecule has 1 aliphatic heterocycles. The Hall–Kier alpha value is -3.77. The van der Waals surface area contributed by atoms with Gasteiger partial charge in [-0.05, 0) is 60.4 Å². The van der Waals surface area contributed by atoms with Gasteiger partial charge in [0.25, 0.3) is 0 Å². The normalized spacial score (nSPS) is 16.0. The molecule has 6 heteroatoms. The molecule has 5 rings (SSSR count). The van der Waals surface area contributed by atoms with Gasteiger partial charge in [-0.25, -0.2) is 4.79 Å². The van der Waals surface area contributed by atoms with Crippen molar-refractivity contribution in [2.75, 3.05) is 27.2 Å². The predicted octanol–water partition coefficient (Wildman–Crippen LogP) is 4.57. The zero-order valence-electron chi connectivity index (χ0n) is 18.7. The maximum Gasteiger partial charge on any atom is 0.337 e. The summed E-state index contributed by atoms with van der Waals surface area (Å²) >= 11 is 0. The minimum Gasteiger partial charge on any atom is -0.494 e. The SMILES string of the molecule is COC(=O)c1ccc2c(c1)C(=C1CCN(C)CC1)c1ccccc1C(n1c(O)ccc1O)=C2. The lowest BCUT2D eigenvalue weighted by Crippen LogP contribution is -2.27. The second kappa shape index (κ2) is 8.30. The van der Waals surface area contributed by atoms with Crippen LogP contribution in [-0.4, -0.2) is 52.9 Å². The number of piperidine rings is 1. The fourth-order valence-electron chi connectivity index (χ4n) is 4.80. The summed E-state index contributed by atoms with van der Waals surface area (Å²) in [6.07, 6.45) is 3.81. The first kappa shape index (κ1) is 21.1. The van der Waals surface area contributed by atoms with Crippen molar-refractivity contribution in [3.8, 4) is 11.8 Å². The van der Waals surface area contributed by atoms with E-state index in [-0.39, 0.29) is 17.7 Å². The molecule has 0 bridgehead atoms. The summed E-state index contributed by atoms with van der Waals surface area (Å²) in [7, 11) is 3.51. The van der Waals surface area contributed by atoms with Crippen molar-refractivity contribution >= 4 is 23.3 Å². The summed E-state index contributed by atoms with van der Waals surface area (Å²) < 4.78 is 6.43. The number of methoxy groups -OCH3 is 1. The van der Waals surface area contributed by atoms with Crippen LogP contribution in [0.4, 0.5) is 0 Å². The van der Waals surface area contributed by atoms with Crippen LogP contribution in [0.15, 0.2) is 60.2 Å². The maximum absolute atomic E-state index is 12.4. The lowest BCUT2D eigenvalue weighted by molar-refractivity contribution is 0.0600. The van der Waals surface area contributed by atoms with Gasteiger partial charge < -0.3 is 19.8 Å². The van der Waals surface area contributed by atoms with Gasteiger partial charge in [0, 0.05) is 30.8 Å². The van der Waals surface area contributed by atoms with E-state index in [9.17, 15) is 15.0 Å². The third kappa shape index (κ3) is 3.62. The number of hydrogen-bond acceptors (Lipinski definition) is 5. The molecule has 0 radical (unpaired) electrons. The Morgan fingerprint density at radius 1 is 0.909 bits per heavy atom. The Bertz CT molecular complexity index is 1290. The molecular weight excluding hydrogens is 416 g/mol. The van der Waals surface area contributed by atoms with Gasteiger partial charge in [-0.3, -0.25) is 4.57 Å². The Morgan fingerprint density at radius 2 is 1.58 bits per heavy atom. The van der Waals surface area contributed by atoms with Gasteiger partial charge in [-0.15, -0.1) is 0 Å². The summed E-state index contributed by atoms with van der Waals surface area (Å²) in [5.74, 6) is -0.471. The van der Waals surface area contributed by atoms with Gasteiger partial charge in [0.2, 0.25) is 0 Å². The molecule has 1 saturated heterocycles. The van der Waals surface area contributed by atoms with Crippen molar-refractivity contribution in [1.82, 2.24) is 9.47 Å². The number of aromatic hydroxyl groups is 2. The van der Waals surface area contributed by atoms with Crippen molar-refractivity contribution in [3.63, 3.8) is 0 Å². The van der Waals surface area contributed by atoms with E-state index in [1.54, 1.807) is 6.07 Å². The second-order valence-corrected chi connectivity index (χ2v) is 8.54. The third-order valence-corrected chi connectivity index (χ3v) is 6.53. The summed E-state index contributed by atoms with van der Waals surface area (Å²) in [4.78, 5) is 14.7. The summed E-state index contributed by atoms with van der Waals surface area (Å²) in [5, 5.41) is 21.1. The van der Waals surface area contributed by atoms with Crippen molar-refractivity contribution in [2.24, 2.45) is 0 Å². The highest BCUT2D eigenvalue weighted by Gasteiger charge is 2.27. The van der Waals surface area contributed by atoms with Crippen molar-refractivity contribution in [1.29, 1.82) is 0 Å². The predicted molar refractivity (Wildman–Crippen MR) is 128 cm³/mol. The van der Waals surface area contributed by atoms with Crippen molar-refractivity contribution in [2.45, 2.75) is 12.8 Å². The molecule has 0 unspecified atom stereocenters. The highest BCUT2D eigenvalue weighted by molar-refractivity contribution is 6.01. The average Bonchev–Trinajstić information content (AvgIpc) is 3.09. The molecule has 6 nitrogen and oxygen atoms in total. The van der Waals surface area contributed by atoms with Gasteiger partial charge in [-0.1, -0.05) is 35.9 Å². The van der Waals surface area contributed by atoms with E-state index in [4.69, 9.17) is 4.74 Å². The van der Waals surface area contributed by atoms with Crippen LogP contribution >= 0.6 is 0 Å². The highest BCUT2D eigenvalue weighted by Crippen LogP contribution is 2.43. The molecule has 0 saturated carbocycles. The molecule has 1 fully saturated rings. The molecule has 1 aliphatic carbocycles. The van der Waals surface area contributed by atoms with Crippen molar-refractivity contribution in [3.05, 3.63) is 88.0 Å². The van der Waals surface area contributed by atoms with E-state index in [2.05, 4.69) is 18.0 Å². The highest BCUT2D eigenvalue weighted by atomic mass is 16.5. The summed E-state index contributed by atoms with van der Waals surface area (Å²) in [6, 6.07) is 16.5. The zero-order valence-corrected chi connectivity index (χ0v) is 18.7. The summed E-state index contributed by atoms with van der Waals surface area (Å²) in [6.45, 7) is 1.93. The number of hydrogen-bond donors (Lipinski definition) is 2. The van der Waals surface area contributed by atoms with Crippen LogP contribution in [0.5, 0.6) is 11.8 Å². The molecule has 2 aromatic carbocycles. The third-order valence-electron chi connectivity index (χ3n) is 6.53. The molecule has 2 N–H and O–H groups in total. The quantitative estimate of drug-likeness (QED) is 0.445. The molecule has 0 spiro atoms. The zero-order chi connectivity index (χ0) is 23.1. The van der Waals surface area contributed by atoms with E-state index in [0.29, 0.717) is 11.3 Å². The fourth-order valence-corrected chi connectivity index (χ4v) is 4.80. The van der Waals surface area contributed by atoms with Gasteiger partial charge in [0.15, 0.2) is 11.8 Å². The van der Waals surface area contributed by atoms with E-state index >= 15 is 0 Å². The number of carbonyl (C=O) groups excluding carboxylic acids is 1. The number of rotatable bonds is 2. The largest absolute Gasteiger partial charge is 0.494 e. The number of likely N-dealkylation sites (tertiary alicyclic amines) is 1. The van der Waals surface area contributed by atoms with Gasteiger partial charge in [0.1, 0.15) is 0 Å². The average molecular weight is 443 g/mol. The van der Waals surface area contributed by atoms with Crippen LogP contribution in [0.1, 0.15) is 45.5 Å². The monoisotopic (exact) mass is 442 g/mol. The standard InChI is InChI=1S/C27H26N2O4/c1-28-13-11-17(12-14-28)26-21-6-4-3-5-20(21)23(29-24(30)9-10-25(29)31)16-18-7-8-19(15-22(18)26)27(32)33-2/h3-10,15-16,30-31H,11-14H2,1-2H3. The number of aromatic nitrogens is 1. The fraction of sp³-hybridized carbons (Fsp3) is 0.222. The number of benzene rings is 2. The molecule has 1 aromatic heterocycles. The first-order chi connectivity index (χ1) is 16.0. The van der Waals surface area contributed by atoms with E-state index in [1.165, 1.54) is 29.4 Å². The Morgan fingerprint density at radius 3 is 2.24 bits per heavy atom. The molecule has 2 aliphatic rings. The first-order valence-electron chi connectivity index (χ1n) is 11.0. The van der Waals surface area contributed by atoms with E-state index < -0.39 is 0 Å². The maximum atomic E-state index is 12.4. The van der Waals surface area contributed by atoms with Crippen LogP contribution in [0.3, 0.4) is 0 Å². The number of fused-ring (bicyclic) bond motifs is 2. The minimum absolute atomic E-state index is 0.0447. The molecule has 33 heavy (non-hydrogen) atoms. The van der Waals surface area contributed by atoms with Gasteiger partial charge in [0.05, 0.1) is 18.4 Å². The number of esters is 1.